The molecule has 0 saturated carbocycles. The first kappa shape index (κ1) is 12.7. The number of fused-ring (bicyclic) bond motifs is 1. The Morgan fingerprint density at radius 3 is 2.85 bits per heavy atom. The molecule has 1 unspecified atom stereocenters. The van der Waals surface area contributed by atoms with Crippen molar-refractivity contribution in [2.24, 2.45) is 0 Å². The van der Waals surface area contributed by atoms with Crippen LogP contribution in [-0.2, 0) is 0 Å². The number of H-pyrrole nitrogens is 1. The zero-order valence-electron chi connectivity index (χ0n) is 10.7. The molecule has 3 rings (SSSR count). The Morgan fingerprint density at radius 2 is 2.20 bits per heavy atom. The Morgan fingerprint density at radius 1 is 1.40 bits per heavy atom. The highest BCUT2D eigenvalue weighted by molar-refractivity contribution is 7.07. The van der Waals surface area contributed by atoms with E-state index in [0.717, 1.165) is 5.56 Å². The van der Waals surface area contributed by atoms with Gasteiger partial charge in [0.2, 0.25) is 0 Å². The van der Waals surface area contributed by atoms with Gasteiger partial charge in [0.15, 0.2) is 0 Å². The first-order valence-electron chi connectivity index (χ1n) is 6.07. The van der Waals surface area contributed by atoms with E-state index in [1.54, 1.807) is 22.0 Å². The van der Waals surface area contributed by atoms with Gasteiger partial charge < -0.3 is 10.1 Å². The SMILES string of the molecule is CC(c1ccsc1)n1c(=O)[nH]c2ccc(C(=O)O)cc21. The number of nitrogens with zero attached hydrogens (tertiary/aromatic N) is 1. The lowest BCUT2D eigenvalue weighted by atomic mass is 10.1. The highest BCUT2D eigenvalue weighted by Crippen LogP contribution is 2.23. The highest BCUT2D eigenvalue weighted by Gasteiger charge is 2.16. The average Bonchev–Trinajstić information content (AvgIpc) is 3.03. The van der Waals surface area contributed by atoms with Crippen molar-refractivity contribution in [2.75, 3.05) is 0 Å². The monoisotopic (exact) mass is 288 g/mol. The third kappa shape index (κ3) is 1.94. The first-order valence-corrected chi connectivity index (χ1v) is 7.02. The molecule has 0 radical (unpaired) electrons. The van der Waals surface area contributed by atoms with Crippen LogP contribution in [0.3, 0.4) is 0 Å². The number of nitrogens with one attached hydrogen (secondary N) is 1. The third-order valence-electron chi connectivity index (χ3n) is 3.38. The molecule has 2 aromatic heterocycles. The summed E-state index contributed by atoms with van der Waals surface area (Å²) in [6, 6.07) is 6.45. The maximum atomic E-state index is 12.1. The lowest BCUT2D eigenvalue weighted by Gasteiger charge is -2.12. The molecule has 0 amide bonds. The Labute approximate surface area is 118 Å². The molecule has 3 aromatic rings. The Balaban J connectivity index is 2.23. The van der Waals surface area contributed by atoms with Gasteiger partial charge in [-0.05, 0) is 47.5 Å². The summed E-state index contributed by atoms with van der Waals surface area (Å²) < 4.78 is 1.59. The molecule has 20 heavy (non-hydrogen) atoms. The number of aromatic amines is 1. The Hall–Kier alpha value is -2.34. The zero-order chi connectivity index (χ0) is 14.3. The molecule has 0 bridgehead atoms. The molecule has 0 aliphatic carbocycles. The number of rotatable bonds is 3. The molecule has 0 fully saturated rings. The van der Waals surface area contributed by atoms with E-state index in [4.69, 9.17) is 5.11 Å². The fraction of sp³-hybridized carbons (Fsp3) is 0.143. The lowest BCUT2D eigenvalue weighted by Crippen LogP contribution is -2.20. The van der Waals surface area contributed by atoms with Gasteiger partial charge >= 0.3 is 11.7 Å². The molecule has 6 heteroatoms. The molecular formula is C14H12N2O3S. The summed E-state index contributed by atoms with van der Waals surface area (Å²) in [6.07, 6.45) is 0. The number of carboxylic acid groups (broad SMARTS) is 1. The highest BCUT2D eigenvalue weighted by atomic mass is 32.1. The molecular weight excluding hydrogens is 276 g/mol. The number of thiophene rings is 1. The van der Waals surface area contributed by atoms with Gasteiger partial charge in [0.1, 0.15) is 0 Å². The van der Waals surface area contributed by atoms with Gasteiger partial charge in [-0.1, -0.05) is 0 Å². The van der Waals surface area contributed by atoms with E-state index in [0.29, 0.717) is 11.0 Å². The van der Waals surface area contributed by atoms with Crippen molar-refractivity contribution >= 4 is 28.3 Å². The van der Waals surface area contributed by atoms with Crippen molar-refractivity contribution in [1.82, 2.24) is 9.55 Å². The van der Waals surface area contributed by atoms with Crippen LogP contribution >= 0.6 is 11.3 Å². The van der Waals surface area contributed by atoms with Crippen LogP contribution in [0.5, 0.6) is 0 Å². The molecule has 0 aliphatic rings. The zero-order valence-corrected chi connectivity index (χ0v) is 11.5. The molecule has 0 spiro atoms. The van der Waals surface area contributed by atoms with Crippen molar-refractivity contribution < 1.29 is 9.90 Å². The van der Waals surface area contributed by atoms with E-state index in [1.807, 2.05) is 23.8 Å². The normalized spacial score (nSPS) is 12.7. The second-order valence-corrected chi connectivity index (χ2v) is 5.35. The van der Waals surface area contributed by atoms with E-state index in [-0.39, 0.29) is 17.3 Å². The van der Waals surface area contributed by atoms with E-state index < -0.39 is 5.97 Å². The molecule has 0 saturated heterocycles. The smallest absolute Gasteiger partial charge is 0.335 e. The fourth-order valence-corrected chi connectivity index (χ4v) is 3.05. The van der Waals surface area contributed by atoms with E-state index in [9.17, 15) is 9.59 Å². The van der Waals surface area contributed by atoms with Gasteiger partial charge in [-0.25, -0.2) is 9.59 Å². The molecule has 1 atom stereocenters. The summed E-state index contributed by atoms with van der Waals surface area (Å²) >= 11 is 1.56. The third-order valence-corrected chi connectivity index (χ3v) is 4.08. The molecule has 2 N–H and O–H groups in total. The number of carboxylic acids is 1. The number of hydrogen-bond acceptors (Lipinski definition) is 3. The number of hydrogen-bond donors (Lipinski definition) is 2. The number of aromatic carboxylic acids is 1. The van der Waals surface area contributed by atoms with Crippen molar-refractivity contribution in [3.05, 3.63) is 56.6 Å². The standard InChI is InChI=1S/C14H12N2O3S/c1-8(10-4-5-20-7-10)16-12-6-9(13(17)18)2-3-11(12)15-14(16)19/h2-8H,1H3,(H,15,19)(H,17,18). The van der Waals surface area contributed by atoms with Crippen LogP contribution in [0.25, 0.3) is 11.0 Å². The second-order valence-electron chi connectivity index (χ2n) is 4.57. The molecule has 1 aromatic carbocycles. The number of benzene rings is 1. The average molecular weight is 288 g/mol. The predicted molar refractivity (Wildman–Crippen MR) is 77.7 cm³/mol. The maximum Gasteiger partial charge on any atom is 0.335 e. The first-order chi connectivity index (χ1) is 9.58. The van der Waals surface area contributed by atoms with Crippen LogP contribution in [-0.4, -0.2) is 20.6 Å². The van der Waals surface area contributed by atoms with E-state index >= 15 is 0 Å². The summed E-state index contributed by atoms with van der Waals surface area (Å²) in [4.78, 5) is 25.9. The Kier molecular flexibility index (Phi) is 2.94. The summed E-state index contributed by atoms with van der Waals surface area (Å²) in [5.41, 5.74) is 2.21. The molecule has 2 heterocycles. The molecule has 102 valence electrons. The van der Waals surface area contributed by atoms with Gasteiger partial charge in [-0.15, -0.1) is 0 Å². The molecule has 5 nitrogen and oxygen atoms in total. The van der Waals surface area contributed by atoms with Gasteiger partial charge in [0.25, 0.3) is 0 Å². The van der Waals surface area contributed by atoms with Gasteiger partial charge in [0.05, 0.1) is 22.6 Å². The van der Waals surface area contributed by atoms with Crippen LogP contribution in [0.15, 0.2) is 39.8 Å². The number of aromatic nitrogens is 2. The van der Waals surface area contributed by atoms with Crippen LogP contribution in [0.1, 0.15) is 28.9 Å². The van der Waals surface area contributed by atoms with Gasteiger partial charge in [-0.3, -0.25) is 4.57 Å². The van der Waals surface area contributed by atoms with Crippen LogP contribution < -0.4 is 5.69 Å². The van der Waals surface area contributed by atoms with Gasteiger partial charge in [0, 0.05) is 0 Å². The minimum absolute atomic E-state index is 0.147. The van der Waals surface area contributed by atoms with Crippen molar-refractivity contribution in [3.8, 4) is 0 Å². The van der Waals surface area contributed by atoms with Crippen molar-refractivity contribution in [3.63, 3.8) is 0 Å². The predicted octanol–water partition coefficient (Wildman–Crippen LogP) is 2.70. The van der Waals surface area contributed by atoms with Crippen LogP contribution in [0.4, 0.5) is 0 Å². The summed E-state index contributed by atoms with van der Waals surface area (Å²) in [6.45, 7) is 1.92. The van der Waals surface area contributed by atoms with Crippen molar-refractivity contribution in [2.45, 2.75) is 13.0 Å². The van der Waals surface area contributed by atoms with Gasteiger partial charge in [-0.2, -0.15) is 11.3 Å². The maximum absolute atomic E-state index is 12.1. The topological polar surface area (TPSA) is 75.1 Å². The number of imidazole rings is 1. The quantitative estimate of drug-likeness (QED) is 0.778. The van der Waals surface area contributed by atoms with E-state index in [2.05, 4.69) is 4.98 Å². The fourth-order valence-electron chi connectivity index (χ4n) is 2.30. The largest absolute Gasteiger partial charge is 0.478 e. The second kappa shape index (κ2) is 4.64. The Bertz CT molecular complexity index is 830. The summed E-state index contributed by atoms with van der Waals surface area (Å²) in [5.74, 6) is -1.00. The molecule has 0 aliphatic heterocycles. The lowest BCUT2D eigenvalue weighted by molar-refractivity contribution is 0.0697. The van der Waals surface area contributed by atoms with Crippen LogP contribution in [0, 0.1) is 0 Å². The number of carbonyl (C=O) groups is 1. The minimum atomic E-state index is -1.00. The minimum Gasteiger partial charge on any atom is -0.478 e. The van der Waals surface area contributed by atoms with E-state index in [1.165, 1.54) is 12.1 Å². The summed E-state index contributed by atoms with van der Waals surface area (Å²) in [5, 5.41) is 13.0. The van der Waals surface area contributed by atoms with Crippen molar-refractivity contribution in [1.29, 1.82) is 0 Å². The van der Waals surface area contributed by atoms with Crippen LogP contribution in [0.2, 0.25) is 0 Å². The summed E-state index contributed by atoms with van der Waals surface area (Å²) in [7, 11) is 0.